The van der Waals surface area contributed by atoms with Crippen LogP contribution in [-0.2, 0) is 13.2 Å². The highest BCUT2D eigenvalue weighted by Crippen LogP contribution is 2.27. The zero-order valence-electron chi connectivity index (χ0n) is 13.5. The van der Waals surface area contributed by atoms with Gasteiger partial charge in [-0.05, 0) is 38.4 Å². The quantitative estimate of drug-likeness (QED) is 0.869. The molecular weight excluding hydrogens is 280 g/mol. The van der Waals surface area contributed by atoms with Crippen LogP contribution >= 0.6 is 11.3 Å². The minimum absolute atomic E-state index is 0.444. The van der Waals surface area contributed by atoms with Crippen LogP contribution in [-0.4, -0.2) is 12.0 Å². The molecule has 3 nitrogen and oxygen atoms in total. The van der Waals surface area contributed by atoms with Crippen molar-refractivity contribution in [2.24, 2.45) is 0 Å². The maximum absolute atomic E-state index is 5.93. The van der Waals surface area contributed by atoms with Gasteiger partial charge in [0.15, 0.2) is 0 Å². The topological polar surface area (TPSA) is 34.1 Å². The van der Waals surface area contributed by atoms with E-state index in [1.54, 1.807) is 11.3 Å². The molecule has 21 heavy (non-hydrogen) atoms. The summed E-state index contributed by atoms with van der Waals surface area (Å²) in [4.78, 5) is 6.06. The Bertz CT molecular complexity index is 605. The molecule has 1 heterocycles. The molecule has 1 aromatic carbocycles. The summed E-state index contributed by atoms with van der Waals surface area (Å²) in [5.41, 5.74) is 3.62. The number of ether oxygens (including phenoxy) is 1. The van der Waals surface area contributed by atoms with Crippen LogP contribution in [0.4, 0.5) is 0 Å². The molecule has 0 saturated heterocycles. The van der Waals surface area contributed by atoms with Crippen LogP contribution in [0.2, 0.25) is 0 Å². The number of benzene rings is 1. The molecule has 2 aromatic rings. The number of aryl methyl sites for hydroxylation is 2. The molecule has 114 valence electrons. The van der Waals surface area contributed by atoms with Gasteiger partial charge in [-0.2, -0.15) is 0 Å². The molecule has 1 aromatic heterocycles. The van der Waals surface area contributed by atoms with Gasteiger partial charge in [-0.3, -0.25) is 0 Å². The molecule has 0 radical (unpaired) electrons. The Kier molecular flexibility index (Phi) is 5.37. The monoisotopic (exact) mass is 304 g/mol. The van der Waals surface area contributed by atoms with E-state index in [9.17, 15) is 0 Å². The fourth-order valence-electron chi connectivity index (χ4n) is 2.31. The van der Waals surface area contributed by atoms with Gasteiger partial charge in [0, 0.05) is 11.4 Å². The van der Waals surface area contributed by atoms with E-state index < -0.39 is 0 Å². The van der Waals surface area contributed by atoms with Crippen LogP contribution in [0.3, 0.4) is 0 Å². The number of hydrogen-bond acceptors (Lipinski definition) is 4. The average molecular weight is 304 g/mol. The highest BCUT2D eigenvalue weighted by atomic mass is 32.1. The first kappa shape index (κ1) is 16.0. The molecule has 0 amide bonds. The largest absolute Gasteiger partial charge is 0.486 e. The number of aromatic nitrogens is 1. The Morgan fingerprint density at radius 2 is 2.05 bits per heavy atom. The summed E-state index contributed by atoms with van der Waals surface area (Å²) < 4.78 is 5.93. The number of hydrogen-bond donors (Lipinski definition) is 1. The third kappa shape index (κ3) is 4.05. The lowest BCUT2D eigenvalue weighted by Crippen LogP contribution is -2.06. The van der Waals surface area contributed by atoms with E-state index in [0.29, 0.717) is 12.5 Å². The van der Waals surface area contributed by atoms with Crippen molar-refractivity contribution in [1.82, 2.24) is 10.3 Å². The summed E-state index contributed by atoms with van der Waals surface area (Å²) in [7, 11) is 1.97. The fourth-order valence-corrected chi connectivity index (χ4v) is 3.46. The molecule has 0 spiro atoms. The van der Waals surface area contributed by atoms with E-state index in [1.807, 2.05) is 13.1 Å². The van der Waals surface area contributed by atoms with Gasteiger partial charge in [0.25, 0.3) is 0 Å². The Balaban J connectivity index is 2.11. The summed E-state index contributed by atoms with van der Waals surface area (Å²) in [6, 6.07) is 6.26. The second kappa shape index (κ2) is 7.05. The summed E-state index contributed by atoms with van der Waals surface area (Å²) in [5, 5.41) is 4.26. The van der Waals surface area contributed by atoms with Gasteiger partial charge >= 0.3 is 0 Å². The lowest BCUT2D eigenvalue weighted by atomic mass is 10.1. The first-order valence-electron chi connectivity index (χ1n) is 7.34. The molecular formula is C17H24N2OS. The summed E-state index contributed by atoms with van der Waals surface area (Å²) in [6.07, 6.45) is 0. The summed E-state index contributed by atoms with van der Waals surface area (Å²) in [5.74, 6) is 1.39. The van der Waals surface area contributed by atoms with Gasteiger partial charge in [0.2, 0.25) is 0 Å². The van der Waals surface area contributed by atoms with Gasteiger partial charge < -0.3 is 10.1 Å². The zero-order chi connectivity index (χ0) is 15.4. The van der Waals surface area contributed by atoms with Crippen molar-refractivity contribution in [3.8, 4) is 5.75 Å². The van der Waals surface area contributed by atoms with E-state index in [0.717, 1.165) is 17.3 Å². The normalized spacial score (nSPS) is 11.1. The standard InChI is InChI=1S/C17H24N2OS/c1-11(2)17-15(9-18-5)21-16(19-17)10-20-14-7-6-12(3)8-13(14)4/h6-8,11,18H,9-10H2,1-5H3. The van der Waals surface area contributed by atoms with Crippen LogP contribution in [0.15, 0.2) is 18.2 Å². The molecule has 0 aliphatic rings. The van der Waals surface area contributed by atoms with Gasteiger partial charge in [0.1, 0.15) is 17.4 Å². The molecule has 0 fully saturated rings. The third-order valence-electron chi connectivity index (χ3n) is 3.34. The van der Waals surface area contributed by atoms with E-state index in [-0.39, 0.29) is 0 Å². The second-order valence-corrected chi connectivity index (χ2v) is 6.83. The molecule has 0 aliphatic carbocycles. The van der Waals surface area contributed by atoms with Crippen molar-refractivity contribution in [3.63, 3.8) is 0 Å². The summed E-state index contributed by atoms with van der Waals surface area (Å²) in [6.45, 7) is 9.95. The van der Waals surface area contributed by atoms with Gasteiger partial charge in [-0.25, -0.2) is 4.98 Å². The molecule has 0 bridgehead atoms. The van der Waals surface area contributed by atoms with Crippen molar-refractivity contribution >= 4 is 11.3 Å². The number of nitrogens with zero attached hydrogens (tertiary/aromatic N) is 1. The molecule has 0 unspecified atom stereocenters. The first-order valence-corrected chi connectivity index (χ1v) is 8.16. The lowest BCUT2D eigenvalue weighted by molar-refractivity contribution is 0.303. The predicted molar refractivity (Wildman–Crippen MR) is 89.2 cm³/mol. The van der Waals surface area contributed by atoms with E-state index in [4.69, 9.17) is 9.72 Å². The Hall–Kier alpha value is -1.39. The smallest absolute Gasteiger partial charge is 0.140 e. The molecule has 2 rings (SSSR count). The van der Waals surface area contributed by atoms with Crippen molar-refractivity contribution in [2.75, 3.05) is 7.05 Å². The van der Waals surface area contributed by atoms with Crippen molar-refractivity contribution in [1.29, 1.82) is 0 Å². The summed E-state index contributed by atoms with van der Waals surface area (Å²) >= 11 is 1.74. The molecule has 0 atom stereocenters. The van der Waals surface area contributed by atoms with Gasteiger partial charge in [-0.1, -0.05) is 31.5 Å². The fraction of sp³-hybridized carbons (Fsp3) is 0.471. The average Bonchev–Trinajstić information content (AvgIpc) is 2.81. The highest BCUT2D eigenvalue weighted by molar-refractivity contribution is 7.11. The highest BCUT2D eigenvalue weighted by Gasteiger charge is 2.14. The Labute approximate surface area is 131 Å². The number of rotatable bonds is 6. The Morgan fingerprint density at radius 3 is 2.67 bits per heavy atom. The number of nitrogens with one attached hydrogen (secondary N) is 1. The van der Waals surface area contributed by atoms with E-state index >= 15 is 0 Å². The first-order chi connectivity index (χ1) is 10.0. The maximum atomic E-state index is 5.93. The molecule has 0 saturated carbocycles. The van der Waals surface area contributed by atoms with Gasteiger partial charge in [-0.15, -0.1) is 11.3 Å². The Morgan fingerprint density at radius 1 is 1.29 bits per heavy atom. The van der Waals surface area contributed by atoms with E-state index in [1.165, 1.54) is 21.7 Å². The van der Waals surface area contributed by atoms with Gasteiger partial charge in [0.05, 0.1) is 5.69 Å². The van der Waals surface area contributed by atoms with Crippen molar-refractivity contribution < 1.29 is 4.74 Å². The number of thiazole rings is 1. The van der Waals surface area contributed by atoms with Crippen LogP contribution in [0.25, 0.3) is 0 Å². The molecule has 1 N–H and O–H groups in total. The SMILES string of the molecule is CNCc1sc(COc2ccc(C)cc2C)nc1C(C)C. The zero-order valence-corrected chi connectivity index (χ0v) is 14.3. The van der Waals surface area contributed by atoms with Crippen LogP contribution in [0, 0.1) is 13.8 Å². The minimum Gasteiger partial charge on any atom is -0.486 e. The molecule has 4 heteroatoms. The predicted octanol–water partition coefficient (Wildman–Crippen LogP) is 4.18. The lowest BCUT2D eigenvalue weighted by Gasteiger charge is -2.08. The second-order valence-electron chi connectivity index (χ2n) is 5.66. The molecule has 0 aliphatic heterocycles. The minimum atomic E-state index is 0.444. The van der Waals surface area contributed by atoms with Crippen LogP contribution in [0.5, 0.6) is 5.75 Å². The third-order valence-corrected chi connectivity index (χ3v) is 4.38. The maximum Gasteiger partial charge on any atom is 0.140 e. The van der Waals surface area contributed by atoms with Crippen LogP contribution < -0.4 is 10.1 Å². The van der Waals surface area contributed by atoms with Crippen molar-refractivity contribution in [2.45, 2.75) is 46.8 Å². The van der Waals surface area contributed by atoms with Crippen LogP contribution in [0.1, 0.15) is 46.5 Å². The van der Waals surface area contributed by atoms with E-state index in [2.05, 4.69) is 45.1 Å². The van der Waals surface area contributed by atoms with Crippen molar-refractivity contribution in [3.05, 3.63) is 44.9 Å².